The summed E-state index contributed by atoms with van der Waals surface area (Å²) in [7, 11) is 0. The molecule has 0 fully saturated rings. The van der Waals surface area contributed by atoms with Crippen molar-refractivity contribution in [2.45, 2.75) is 33.2 Å². The zero-order chi connectivity index (χ0) is 12.7. The number of nitrogens with zero attached hydrogens (tertiary/aromatic N) is 2. The summed E-state index contributed by atoms with van der Waals surface area (Å²) in [6, 6.07) is 7.07. The number of aryl methyl sites for hydroxylation is 3. The highest BCUT2D eigenvalue weighted by molar-refractivity contribution is 5.47. The Morgan fingerprint density at radius 1 is 1.22 bits per heavy atom. The third kappa shape index (κ3) is 1.70. The normalized spacial score (nSPS) is 18.3. The van der Waals surface area contributed by atoms with Crippen molar-refractivity contribution in [1.29, 1.82) is 0 Å². The van der Waals surface area contributed by atoms with E-state index in [0.29, 0.717) is 6.04 Å². The number of hydrogen-bond donors (Lipinski definition) is 1. The molecule has 94 valence electrons. The van der Waals surface area contributed by atoms with Gasteiger partial charge in [-0.1, -0.05) is 23.8 Å². The number of nitrogens with one attached hydrogen (secondary N) is 1. The van der Waals surface area contributed by atoms with Crippen LogP contribution in [0.4, 0.5) is 5.82 Å². The molecule has 0 spiro atoms. The minimum Gasteiger partial charge on any atom is -0.370 e. The molecule has 3 nitrogen and oxygen atoms in total. The summed E-state index contributed by atoms with van der Waals surface area (Å²) in [5.41, 5.74) is 5.30. The molecule has 1 atom stereocenters. The van der Waals surface area contributed by atoms with E-state index < -0.39 is 0 Å². The molecule has 0 saturated heterocycles. The molecule has 1 N–H and O–H groups in total. The Hall–Kier alpha value is -1.77. The topological polar surface area (TPSA) is 29.9 Å². The molecule has 3 rings (SSSR count). The molecular weight excluding hydrogens is 222 g/mol. The Balaban J connectivity index is 2.08. The van der Waals surface area contributed by atoms with Crippen molar-refractivity contribution in [2.75, 3.05) is 11.9 Å². The molecule has 1 aliphatic rings. The average molecular weight is 241 g/mol. The minimum atomic E-state index is 0.371. The number of benzene rings is 1. The van der Waals surface area contributed by atoms with E-state index >= 15 is 0 Å². The Kier molecular flexibility index (Phi) is 2.62. The Morgan fingerprint density at radius 3 is 2.83 bits per heavy atom. The van der Waals surface area contributed by atoms with Crippen LogP contribution in [0.15, 0.2) is 24.4 Å². The molecular formula is C15H19N3. The molecule has 1 aromatic heterocycles. The number of fused-ring (bicyclic) bond motifs is 1. The van der Waals surface area contributed by atoms with Gasteiger partial charge >= 0.3 is 0 Å². The quantitative estimate of drug-likeness (QED) is 0.830. The fourth-order valence-electron chi connectivity index (χ4n) is 2.84. The van der Waals surface area contributed by atoms with Gasteiger partial charge in [-0.25, -0.2) is 4.68 Å². The SMILES string of the molecule is Cc1ccc(C2CCNc3c(C)cnn32)c(C)c1. The summed E-state index contributed by atoms with van der Waals surface area (Å²) in [5, 5.41) is 7.97. The molecule has 0 bridgehead atoms. The maximum Gasteiger partial charge on any atom is 0.127 e. The van der Waals surface area contributed by atoms with Gasteiger partial charge in [-0.2, -0.15) is 5.10 Å². The van der Waals surface area contributed by atoms with Gasteiger partial charge in [0.1, 0.15) is 5.82 Å². The minimum absolute atomic E-state index is 0.371. The van der Waals surface area contributed by atoms with E-state index in [0.717, 1.165) is 13.0 Å². The Morgan fingerprint density at radius 2 is 2.06 bits per heavy atom. The van der Waals surface area contributed by atoms with Gasteiger partial charge in [0.25, 0.3) is 0 Å². The smallest absolute Gasteiger partial charge is 0.127 e. The van der Waals surface area contributed by atoms with E-state index in [1.165, 1.54) is 28.1 Å². The van der Waals surface area contributed by atoms with Gasteiger partial charge in [-0.05, 0) is 38.3 Å². The maximum absolute atomic E-state index is 4.53. The molecule has 2 heterocycles. The predicted octanol–water partition coefficient (Wildman–Crippen LogP) is 3.21. The summed E-state index contributed by atoms with van der Waals surface area (Å²) in [5.74, 6) is 1.17. The highest BCUT2D eigenvalue weighted by Gasteiger charge is 2.24. The fourth-order valence-corrected chi connectivity index (χ4v) is 2.84. The van der Waals surface area contributed by atoms with Crippen molar-refractivity contribution in [2.24, 2.45) is 0 Å². The van der Waals surface area contributed by atoms with Crippen LogP contribution in [0, 0.1) is 20.8 Å². The fraction of sp³-hybridized carbons (Fsp3) is 0.400. The highest BCUT2D eigenvalue weighted by atomic mass is 15.4. The lowest BCUT2D eigenvalue weighted by atomic mass is 9.96. The van der Waals surface area contributed by atoms with Gasteiger partial charge in [0.2, 0.25) is 0 Å². The van der Waals surface area contributed by atoms with Crippen molar-refractivity contribution in [3.63, 3.8) is 0 Å². The van der Waals surface area contributed by atoms with E-state index in [9.17, 15) is 0 Å². The standard InChI is InChI=1S/C15H19N3/c1-10-4-5-13(11(2)8-10)14-6-7-16-15-12(3)9-17-18(14)15/h4-5,8-9,14,16H,6-7H2,1-3H3. The summed E-state index contributed by atoms with van der Waals surface area (Å²) in [4.78, 5) is 0. The van der Waals surface area contributed by atoms with Crippen molar-refractivity contribution in [1.82, 2.24) is 9.78 Å². The molecule has 3 heteroatoms. The van der Waals surface area contributed by atoms with Crippen LogP contribution in [-0.4, -0.2) is 16.3 Å². The molecule has 0 radical (unpaired) electrons. The van der Waals surface area contributed by atoms with Crippen LogP contribution in [0.5, 0.6) is 0 Å². The largest absolute Gasteiger partial charge is 0.370 e. The third-order valence-electron chi connectivity index (χ3n) is 3.77. The van der Waals surface area contributed by atoms with Gasteiger partial charge in [-0.15, -0.1) is 0 Å². The number of hydrogen-bond acceptors (Lipinski definition) is 2. The molecule has 1 unspecified atom stereocenters. The summed E-state index contributed by atoms with van der Waals surface area (Å²) < 4.78 is 2.14. The molecule has 18 heavy (non-hydrogen) atoms. The second-order valence-electron chi connectivity index (χ2n) is 5.21. The van der Waals surface area contributed by atoms with Gasteiger partial charge in [0.05, 0.1) is 12.2 Å². The second kappa shape index (κ2) is 4.16. The summed E-state index contributed by atoms with van der Waals surface area (Å²) in [6.45, 7) is 7.46. The van der Waals surface area contributed by atoms with Gasteiger partial charge < -0.3 is 5.32 Å². The number of anilines is 1. The first kappa shape index (κ1) is 11.3. The van der Waals surface area contributed by atoms with Crippen LogP contribution in [0.1, 0.15) is 34.7 Å². The summed E-state index contributed by atoms with van der Waals surface area (Å²) >= 11 is 0. The van der Waals surface area contributed by atoms with Gasteiger partial charge in [0.15, 0.2) is 0 Å². The second-order valence-corrected chi connectivity index (χ2v) is 5.21. The molecule has 1 aromatic carbocycles. The first-order valence-corrected chi connectivity index (χ1v) is 6.52. The number of rotatable bonds is 1. The van der Waals surface area contributed by atoms with E-state index in [1.807, 2.05) is 6.20 Å². The monoisotopic (exact) mass is 241 g/mol. The van der Waals surface area contributed by atoms with Crippen LogP contribution in [-0.2, 0) is 0 Å². The highest BCUT2D eigenvalue weighted by Crippen LogP contribution is 2.32. The van der Waals surface area contributed by atoms with E-state index in [4.69, 9.17) is 0 Å². The lowest BCUT2D eigenvalue weighted by Gasteiger charge is -2.27. The zero-order valence-electron chi connectivity index (χ0n) is 11.2. The van der Waals surface area contributed by atoms with Crippen molar-refractivity contribution < 1.29 is 0 Å². The Labute approximate surface area is 108 Å². The van der Waals surface area contributed by atoms with Crippen molar-refractivity contribution >= 4 is 5.82 Å². The van der Waals surface area contributed by atoms with E-state index in [1.54, 1.807) is 0 Å². The van der Waals surface area contributed by atoms with Crippen molar-refractivity contribution in [3.05, 3.63) is 46.6 Å². The van der Waals surface area contributed by atoms with Crippen LogP contribution in [0.25, 0.3) is 0 Å². The van der Waals surface area contributed by atoms with Crippen LogP contribution in [0.3, 0.4) is 0 Å². The first-order valence-electron chi connectivity index (χ1n) is 6.52. The average Bonchev–Trinajstić information content (AvgIpc) is 2.72. The molecule has 0 saturated carbocycles. The van der Waals surface area contributed by atoms with Crippen molar-refractivity contribution in [3.8, 4) is 0 Å². The first-order chi connectivity index (χ1) is 8.66. The molecule has 0 aliphatic carbocycles. The Bertz CT molecular complexity index is 583. The molecule has 1 aliphatic heterocycles. The number of aromatic nitrogens is 2. The van der Waals surface area contributed by atoms with Crippen LogP contribution in [0.2, 0.25) is 0 Å². The predicted molar refractivity (Wildman–Crippen MR) is 74.1 cm³/mol. The molecule has 2 aromatic rings. The lowest BCUT2D eigenvalue weighted by Crippen LogP contribution is -2.25. The van der Waals surface area contributed by atoms with Gasteiger partial charge in [-0.3, -0.25) is 0 Å². The van der Waals surface area contributed by atoms with Gasteiger partial charge in [0, 0.05) is 12.1 Å². The lowest BCUT2D eigenvalue weighted by molar-refractivity contribution is 0.480. The van der Waals surface area contributed by atoms with Crippen LogP contribution < -0.4 is 5.32 Å². The summed E-state index contributed by atoms with van der Waals surface area (Å²) in [6.07, 6.45) is 3.04. The third-order valence-corrected chi connectivity index (χ3v) is 3.77. The van der Waals surface area contributed by atoms with E-state index in [2.05, 4.69) is 54.1 Å². The zero-order valence-corrected chi connectivity index (χ0v) is 11.2. The van der Waals surface area contributed by atoms with E-state index in [-0.39, 0.29) is 0 Å². The molecule has 0 amide bonds. The maximum atomic E-state index is 4.53. The van der Waals surface area contributed by atoms with Crippen LogP contribution >= 0.6 is 0 Å².